The summed E-state index contributed by atoms with van der Waals surface area (Å²) in [5.41, 5.74) is -0.451. The molecule has 0 spiro atoms. The van der Waals surface area contributed by atoms with E-state index in [1.54, 1.807) is 20.8 Å². The average Bonchev–Trinajstić information content (AvgIpc) is 2.01. The first kappa shape index (κ1) is 14.5. The molecule has 0 atom stereocenters. The lowest BCUT2D eigenvalue weighted by molar-refractivity contribution is 0.501. The summed E-state index contributed by atoms with van der Waals surface area (Å²) in [6.45, 7) is 9.18. The normalized spacial score (nSPS) is 13.6. The van der Waals surface area contributed by atoms with Gasteiger partial charge in [0.05, 0.1) is 16.0 Å². The zero-order valence-electron chi connectivity index (χ0n) is 10.2. The first-order valence-electron chi connectivity index (χ1n) is 4.97. The highest BCUT2D eigenvalue weighted by Gasteiger charge is 2.28. The summed E-state index contributed by atoms with van der Waals surface area (Å²) in [7, 11) is -3.06. The van der Waals surface area contributed by atoms with E-state index >= 15 is 0 Å². The zero-order valence-corrected chi connectivity index (χ0v) is 11.0. The molecule has 0 radical (unpaired) electrons. The third-order valence-electron chi connectivity index (χ3n) is 2.23. The average molecular weight is 231 g/mol. The van der Waals surface area contributed by atoms with Crippen molar-refractivity contribution in [3.8, 4) is 12.3 Å². The Morgan fingerprint density at radius 1 is 1.20 bits per heavy atom. The number of terminal acetylenes is 1. The molecule has 88 valence electrons. The monoisotopic (exact) mass is 231 g/mol. The van der Waals surface area contributed by atoms with Crippen LogP contribution in [-0.2, 0) is 9.84 Å². The number of sulfone groups is 1. The Labute approximate surface area is 93.6 Å². The molecular weight excluding hydrogens is 210 g/mol. The third kappa shape index (κ3) is 4.67. The lowest BCUT2D eigenvalue weighted by Crippen LogP contribution is -2.42. The first-order chi connectivity index (χ1) is 6.52. The van der Waals surface area contributed by atoms with Crippen LogP contribution in [0, 0.1) is 12.3 Å². The highest BCUT2D eigenvalue weighted by atomic mass is 32.2. The van der Waals surface area contributed by atoms with E-state index in [-0.39, 0.29) is 5.75 Å². The summed E-state index contributed by atoms with van der Waals surface area (Å²) in [5, 5.41) is 3.02. The van der Waals surface area contributed by atoms with Crippen LogP contribution in [0.15, 0.2) is 0 Å². The van der Waals surface area contributed by atoms with E-state index < -0.39 is 20.1 Å². The number of hydrogen-bond donors (Lipinski definition) is 1. The van der Waals surface area contributed by atoms with Crippen molar-refractivity contribution >= 4 is 9.84 Å². The Morgan fingerprint density at radius 2 is 1.67 bits per heavy atom. The molecule has 0 aromatic carbocycles. The molecule has 3 nitrogen and oxygen atoms in total. The molecule has 0 saturated heterocycles. The largest absolute Gasteiger partial charge is 0.301 e. The van der Waals surface area contributed by atoms with Crippen molar-refractivity contribution in [1.29, 1.82) is 0 Å². The van der Waals surface area contributed by atoms with Gasteiger partial charge in [0.15, 0.2) is 9.84 Å². The minimum Gasteiger partial charge on any atom is -0.301 e. The molecule has 0 aromatic rings. The summed E-state index contributed by atoms with van der Waals surface area (Å²) in [5.74, 6) is 2.67. The summed E-state index contributed by atoms with van der Waals surface area (Å²) in [6.07, 6.45) is 5.28. The van der Waals surface area contributed by atoms with Crippen molar-refractivity contribution in [2.45, 2.75) is 44.9 Å². The van der Waals surface area contributed by atoms with E-state index in [2.05, 4.69) is 11.2 Å². The van der Waals surface area contributed by atoms with Gasteiger partial charge in [-0.2, -0.15) is 0 Å². The molecule has 0 fully saturated rings. The standard InChI is InChI=1S/C11H21NO2S/c1-7-11(5,6)12-8-9-15(13,14)10(2,3)4/h1,12H,8-9H2,2-6H3. The van der Waals surface area contributed by atoms with Gasteiger partial charge in [-0.05, 0) is 34.6 Å². The maximum absolute atomic E-state index is 11.7. The van der Waals surface area contributed by atoms with Crippen molar-refractivity contribution in [2.24, 2.45) is 0 Å². The maximum atomic E-state index is 11.7. The highest BCUT2D eigenvalue weighted by molar-refractivity contribution is 7.92. The van der Waals surface area contributed by atoms with E-state index in [1.165, 1.54) is 0 Å². The summed E-state index contributed by atoms with van der Waals surface area (Å²) >= 11 is 0. The van der Waals surface area contributed by atoms with Gasteiger partial charge in [-0.15, -0.1) is 6.42 Å². The molecule has 4 heteroatoms. The molecule has 0 aliphatic heterocycles. The molecular formula is C11H21NO2S. The maximum Gasteiger partial charge on any atom is 0.156 e. The fourth-order valence-corrected chi connectivity index (χ4v) is 1.84. The highest BCUT2D eigenvalue weighted by Crippen LogP contribution is 2.15. The van der Waals surface area contributed by atoms with Crippen molar-refractivity contribution in [2.75, 3.05) is 12.3 Å². The van der Waals surface area contributed by atoms with Gasteiger partial charge in [0.2, 0.25) is 0 Å². The van der Waals surface area contributed by atoms with Gasteiger partial charge >= 0.3 is 0 Å². The van der Waals surface area contributed by atoms with Crippen LogP contribution in [-0.4, -0.2) is 31.0 Å². The van der Waals surface area contributed by atoms with Crippen molar-refractivity contribution in [1.82, 2.24) is 5.32 Å². The van der Waals surface area contributed by atoms with Crippen LogP contribution < -0.4 is 5.32 Å². The van der Waals surface area contributed by atoms with E-state index in [0.29, 0.717) is 6.54 Å². The van der Waals surface area contributed by atoms with E-state index in [0.717, 1.165) is 0 Å². The molecule has 0 saturated carbocycles. The molecule has 0 aliphatic rings. The molecule has 0 aromatic heterocycles. The van der Waals surface area contributed by atoms with Crippen LogP contribution in [0.3, 0.4) is 0 Å². The fraction of sp³-hybridized carbons (Fsp3) is 0.818. The van der Waals surface area contributed by atoms with Crippen LogP contribution in [0.5, 0.6) is 0 Å². The molecule has 0 bridgehead atoms. The molecule has 0 rings (SSSR count). The zero-order chi connectivity index (χ0) is 12.3. The van der Waals surface area contributed by atoms with E-state index in [1.807, 2.05) is 13.8 Å². The van der Waals surface area contributed by atoms with Gasteiger partial charge in [0.1, 0.15) is 0 Å². The number of rotatable bonds is 4. The van der Waals surface area contributed by atoms with Crippen LogP contribution in [0.25, 0.3) is 0 Å². The molecule has 0 aliphatic carbocycles. The Morgan fingerprint density at radius 3 is 2.00 bits per heavy atom. The molecule has 1 N–H and O–H groups in total. The van der Waals surface area contributed by atoms with E-state index in [9.17, 15) is 8.42 Å². The minimum absolute atomic E-state index is 0.113. The summed E-state index contributed by atoms with van der Waals surface area (Å²) < 4.78 is 22.8. The van der Waals surface area contributed by atoms with Crippen LogP contribution in [0.2, 0.25) is 0 Å². The Kier molecular flexibility index (Phi) is 4.38. The SMILES string of the molecule is C#CC(C)(C)NCCS(=O)(=O)C(C)(C)C. The third-order valence-corrected chi connectivity index (χ3v) is 4.84. The second kappa shape index (κ2) is 4.54. The van der Waals surface area contributed by atoms with Gasteiger partial charge in [-0.25, -0.2) is 8.42 Å². The molecule has 15 heavy (non-hydrogen) atoms. The number of hydrogen-bond acceptors (Lipinski definition) is 3. The van der Waals surface area contributed by atoms with Crippen LogP contribution in [0.1, 0.15) is 34.6 Å². The van der Waals surface area contributed by atoms with Gasteiger partial charge in [0, 0.05) is 6.54 Å². The number of nitrogens with one attached hydrogen (secondary N) is 1. The van der Waals surface area contributed by atoms with Crippen LogP contribution >= 0.6 is 0 Å². The van der Waals surface area contributed by atoms with Gasteiger partial charge < -0.3 is 5.32 Å². The molecule has 0 heterocycles. The topological polar surface area (TPSA) is 46.2 Å². The second-order valence-corrected chi connectivity index (χ2v) is 7.99. The minimum atomic E-state index is -3.06. The molecule has 0 unspecified atom stereocenters. The predicted octanol–water partition coefficient (Wildman–Crippen LogP) is 1.20. The summed E-state index contributed by atoms with van der Waals surface area (Å²) in [4.78, 5) is 0. The predicted molar refractivity (Wildman–Crippen MR) is 64.5 cm³/mol. The fourth-order valence-electron chi connectivity index (χ4n) is 0.855. The van der Waals surface area contributed by atoms with Gasteiger partial charge in [-0.1, -0.05) is 5.92 Å². The smallest absolute Gasteiger partial charge is 0.156 e. The Hall–Kier alpha value is -0.530. The lowest BCUT2D eigenvalue weighted by atomic mass is 10.1. The Balaban J connectivity index is 4.28. The van der Waals surface area contributed by atoms with Gasteiger partial charge in [-0.3, -0.25) is 0 Å². The quantitative estimate of drug-likeness (QED) is 0.740. The van der Waals surface area contributed by atoms with Crippen molar-refractivity contribution < 1.29 is 8.42 Å². The lowest BCUT2D eigenvalue weighted by Gasteiger charge is -2.23. The second-order valence-electron chi connectivity index (χ2n) is 5.13. The van der Waals surface area contributed by atoms with Gasteiger partial charge in [0.25, 0.3) is 0 Å². The van der Waals surface area contributed by atoms with Crippen molar-refractivity contribution in [3.05, 3.63) is 0 Å². The molecule has 0 amide bonds. The first-order valence-corrected chi connectivity index (χ1v) is 6.62. The summed E-state index contributed by atoms with van der Waals surface area (Å²) in [6, 6.07) is 0. The van der Waals surface area contributed by atoms with E-state index in [4.69, 9.17) is 6.42 Å². The van der Waals surface area contributed by atoms with Crippen molar-refractivity contribution in [3.63, 3.8) is 0 Å². The van der Waals surface area contributed by atoms with Crippen LogP contribution in [0.4, 0.5) is 0 Å². The Bertz CT molecular complexity index is 342.